The number of hydrogen-bond donors (Lipinski definition) is 0. The van der Waals surface area contributed by atoms with Crippen LogP contribution in [-0.2, 0) is 7.05 Å². The lowest BCUT2D eigenvalue weighted by Crippen LogP contribution is -1.87. The quantitative estimate of drug-likeness (QED) is 0.665. The lowest BCUT2D eigenvalue weighted by molar-refractivity contribution is 0.776. The van der Waals surface area contributed by atoms with Gasteiger partial charge in [0.2, 0.25) is 0 Å². The van der Waals surface area contributed by atoms with Crippen molar-refractivity contribution in [3.8, 4) is 17.2 Å². The van der Waals surface area contributed by atoms with Crippen molar-refractivity contribution in [1.29, 1.82) is 5.26 Å². The van der Waals surface area contributed by atoms with Crippen LogP contribution in [0.3, 0.4) is 0 Å². The van der Waals surface area contributed by atoms with Crippen LogP contribution in [0.4, 0.5) is 0 Å². The molecule has 0 radical (unpaired) electrons. The van der Waals surface area contributed by atoms with Gasteiger partial charge in [0, 0.05) is 30.4 Å². The van der Waals surface area contributed by atoms with Crippen molar-refractivity contribution in [2.24, 2.45) is 7.05 Å². The fourth-order valence-electron chi connectivity index (χ4n) is 2.11. The summed E-state index contributed by atoms with van der Waals surface area (Å²) < 4.78 is 1.75. The Morgan fingerprint density at radius 2 is 2.05 bits per heavy atom. The highest BCUT2D eigenvalue weighted by atomic mass is 15.3. The number of nitriles is 1. The summed E-state index contributed by atoms with van der Waals surface area (Å²) >= 11 is 0. The summed E-state index contributed by atoms with van der Waals surface area (Å²) in [4.78, 5) is 4.34. The summed E-state index contributed by atoms with van der Waals surface area (Å²) in [5.41, 5.74) is 4.42. The second kappa shape index (κ2) is 4.21. The minimum atomic E-state index is 0.698. The molecule has 0 atom stereocenters. The first-order valence-electron chi connectivity index (χ1n) is 5.98. The van der Waals surface area contributed by atoms with Crippen LogP contribution < -0.4 is 0 Å². The van der Waals surface area contributed by atoms with E-state index in [-0.39, 0.29) is 0 Å². The second-order valence-electron chi connectivity index (χ2n) is 4.58. The van der Waals surface area contributed by atoms with Crippen molar-refractivity contribution in [1.82, 2.24) is 14.8 Å². The number of fused-ring (bicyclic) bond motifs is 1. The van der Waals surface area contributed by atoms with Gasteiger partial charge in [0.1, 0.15) is 0 Å². The van der Waals surface area contributed by atoms with E-state index in [4.69, 9.17) is 5.26 Å². The predicted octanol–water partition coefficient (Wildman–Crippen LogP) is 2.82. The standard InChI is InChI=1S/C15H12N4/c1-10-3-4-11(5-12(10)7-16)13-6-14-9-19(2)18-15(14)17-8-13/h3-6,8-9H,1-2H3. The highest BCUT2D eigenvalue weighted by molar-refractivity contribution is 5.80. The van der Waals surface area contributed by atoms with E-state index < -0.39 is 0 Å². The molecule has 2 aromatic heterocycles. The van der Waals surface area contributed by atoms with Crippen LogP contribution in [0.15, 0.2) is 36.7 Å². The fraction of sp³-hybridized carbons (Fsp3) is 0.133. The summed E-state index contributed by atoms with van der Waals surface area (Å²) in [6, 6.07) is 10.1. The Labute approximate surface area is 110 Å². The van der Waals surface area contributed by atoms with Gasteiger partial charge in [0.25, 0.3) is 0 Å². The van der Waals surface area contributed by atoms with Gasteiger partial charge >= 0.3 is 0 Å². The third kappa shape index (κ3) is 1.95. The first-order chi connectivity index (χ1) is 9.17. The topological polar surface area (TPSA) is 54.5 Å². The third-order valence-corrected chi connectivity index (χ3v) is 3.16. The van der Waals surface area contributed by atoms with Crippen LogP contribution in [0.5, 0.6) is 0 Å². The molecule has 0 aliphatic rings. The summed E-state index contributed by atoms with van der Waals surface area (Å²) in [7, 11) is 1.88. The van der Waals surface area contributed by atoms with Crippen LogP contribution in [0, 0.1) is 18.3 Å². The van der Waals surface area contributed by atoms with E-state index in [1.807, 2.05) is 44.4 Å². The van der Waals surface area contributed by atoms with Gasteiger partial charge in [0.15, 0.2) is 5.65 Å². The zero-order chi connectivity index (χ0) is 13.4. The Kier molecular flexibility index (Phi) is 2.53. The van der Waals surface area contributed by atoms with Gasteiger partial charge in [0.05, 0.1) is 11.6 Å². The number of aromatic nitrogens is 3. The molecule has 0 saturated heterocycles. The lowest BCUT2D eigenvalue weighted by Gasteiger charge is -2.03. The van der Waals surface area contributed by atoms with Gasteiger partial charge < -0.3 is 0 Å². The Morgan fingerprint density at radius 1 is 1.21 bits per heavy atom. The van der Waals surface area contributed by atoms with Crippen molar-refractivity contribution in [2.45, 2.75) is 6.92 Å². The van der Waals surface area contributed by atoms with Crippen molar-refractivity contribution in [2.75, 3.05) is 0 Å². The molecule has 0 amide bonds. The van der Waals surface area contributed by atoms with Crippen LogP contribution in [0.1, 0.15) is 11.1 Å². The van der Waals surface area contributed by atoms with Gasteiger partial charge in [-0.25, -0.2) is 4.98 Å². The van der Waals surface area contributed by atoms with Crippen LogP contribution in [-0.4, -0.2) is 14.8 Å². The van der Waals surface area contributed by atoms with E-state index in [2.05, 4.69) is 16.2 Å². The molecular weight excluding hydrogens is 236 g/mol. The van der Waals surface area contributed by atoms with E-state index in [1.54, 1.807) is 10.9 Å². The molecule has 0 aliphatic carbocycles. The summed E-state index contributed by atoms with van der Waals surface area (Å²) in [5, 5.41) is 14.3. The van der Waals surface area contributed by atoms with Crippen molar-refractivity contribution >= 4 is 11.0 Å². The third-order valence-electron chi connectivity index (χ3n) is 3.16. The van der Waals surface area contributed by atoms with Crippen LogP contribution in [0.25, 0.3) is 22.2 Å². The number of benzene rings is 1. The molecular formula is C15H12N4. The zero-order valence-electron chi connectivity index (χ0n) is 10.8. The largest absolute Gasteiger partial charge is 0.273 e. The second-order valence-corrected chi connectivity index (χ2v) is 4.58. The van der Waals surface area contributed by atoms with Gasteiger partial charge in [-0.2, -0.15) is 10.4 Å². The van der Waals surface area contributed by atoms with E-state index in [0.717, 1.165) is 27.7 Å². The molecule has 0 bridgehead atoms. The Morgan fingerprint density at radius 3 is 2.84 bits per heavy atom. The number of nitrogens with zero attached hydrogens (tertiary/aromatic N) is 4. The maximum absolute atomic E-state index is 9.09. The molecule has 0 fully saturated rings. The normalized spacial score (nSPS) is 10.6. The minimum absolute atomic E-state index is 0.698. The molecule has 4 nitrogen and oxygen atoms in total. The number of pyridine rings is 1. The predicted molar refractivity (Wildman–Crippen MR) is 73.4 cm³/mol. The molecule has 0 saturated carbocycles. The molecule has 3 rings (SSSR count). The SMILES string of the molecule is Cc1ccc(-c2cnc3nn(C)cc3c2)cc1C#N. The molecule has 0 aliphatic heterocycles. The fourth-order valence-corrected chi connectivity index (χ4v) is 2.11. The molecule has 0 unspecified atom stereocenters. The smallest absolute Gasteiger partial charge is 0.181 e. The maximum atomic E-state index is 9.09. The number of rotatable bonds is 1. The molecule has 3 aromatic rings. The monoisotopic (exact) mass is 248 g/mol. The van der Waals surface area contributed by atoms with E-state index in [9.17, 15) is 0 Å². The van der Waals surface area contributed by atoms with E-state index in [1.165, 1.54) is 0 Å². The molecule has 2 heterocycles. The van der Waals surface area contributed by atoms with E-state index in [0.29, 0.717) is 5.56 Å². The number of hydrogen-bond acceptors (Lipinski definition) is 3. The lowest BCUT2D eigenvalue weighted by atomic mass is 10.0. The molecule has 4 heteroatoms. The Balaban J connectivity index is 2.16. The summed E-state index contributed by atoms with van der Waals surface area (Å²) in [6.45, 7) is 1.94. The molecule has 0 N–H and O–H groups in total. The molecule has 0 spiro atoms. The molecule has 1 aromatic carbocycles. The van der Waals surface area contributed by atoms with Crippen molar-refractivity contribution < 1.29 is 0 Å². The molecule has 19 heavy (non-hydrogen) atoms. The highest BCUT2D eigenvalue weighted by Gasteiger charge is 2.05. The average molecular weight is 248 g/mol. The molecule has 92 valence electrons. The Hall–Kier alpha value is -2.67. The van der Waals surface area contributed by atoms with Gasteiger partial charge in [-0.05, 0) is 30.2 Å². The van der Waals surface area contributed by atoms with Crippen LogP contribution in [0.2, 0.25) is 0 Å². The highest BCUT2D eigenvalue weighted by Crippen LogP contribution is 2.24. The van der Waals surface area contributed by atoms with Gasteiger partial charge in [-0.15, -0.1) is 0 Å². The van der Waals surface area contributed by atoms with Crippen LogP contribution >= 0.6 is 0 Å². The summed E-state index contributed by atoms with van der Waals surface area (Å²) in [6.07, 6.45) is 3.73. The van der Waals surface area contributed by atoms with Crippen molar-refractivity contribution in [3.63, 3.8) is 0 Å². The number of aryl methyl sites for hydroxylation is 2. The minimum Gasteiger partial charge on any atom is -0.273 e. The Bertz CT molecular complexity index is 809. The van der Waals surface area contributed by atoms with Gasteiger partial charge in [-0.1, -0.05) is 12.1 Å². The average Bonchev–Trinajstić information content (AvgIpc) is 2.78. The first kappa shape index (κ1) is 11.4. The van der Waals surface area contributed by atoms with E-state index >= 15 is 0 Å². The summed E-state index contributed by atoms with van der Waals surface area (Å²) in [5.74, 6) is 0. The first-order valence-corrected chi connectivity index (χ1v) is 5.98. The zero-order valence-corrected chi connectivity index (χ0v) is 10.8. The van der Waals surface area contributed by atoms with Crippen molar-refractivity contribution in [3.05, 3.63) is 47.8 Å². The maximum Gasteiger partial charge on any atom is 0.181 e. The van der Waals surface area contributed by atoms with Gasteiger partial charge in [-0.3, -0.25) is 4.68 Å².